The molecular formula is C18H18N2O4S. The van der Waals surface area contributed by atoms with E-state index < -0.39 is 17.8 Å². The second-order valence-electron chi connectivity index (χ2n) is 6.58. The van der Waals surface area contributed by atoms with E-state index in [1.54, 1.807) is 6.07 Å². The van der Waals surface area contributed by atoms with Gasteiger partial charge in [-0.2, -0.15) is 0 Å². The molecule has 0 saturated heterocycles. The number of rotatable bonds is 4. The molecule has 2 bridgehead atoms. The van der Waals surface area contributed by atoms with E-state index in [2.05, 4.69) is 10.3 Å². The van der Waals surface area contributed by atoms with Gasteiger partial charge in [0, 0.05) is 6.07 Å². The zero-order valence-electron chi connectivity index (χ0n) is 13.9. The molecule has 1 fully saturated rings. The van der Waals surface area contributed by atoms with Crippen molar-refractivity contribution in [2.45, 2.75) is 13.3 Å². The first-order valence-electron chi connectivity index (χ1n) is 8.15. The van der Waals surface area contributed by atoms with Gasteiger partial charge in [-0.3, -0.25) is 9.59 Å². The maximum absolute atomic E-state index is 12.9. The maximum atomic E-state index is 12.9. The van der Waals surface area contributed by atoms with Gasteiger partial charge in [0.25, 0.3) is 0 Å². The SMILES string of the molecule is COc1cc2nc(C)sc2cc1NC(=O)C1C2C=CC(C2)C1C(=O)O. The topological polar surface area (TPSA) is 88.5 Å². The van der Waals surface area contributed by atoms with E-state index in [-0.39, 0.29) is 17.7 Å². The first-order valence-corrected chi connectivity index (χ1v) is 8.96. The van der Waals surface area contributed by atoms with Crippen LogP contribution >= 0.6 is 11.3 Å². The molecule has 4 rings (SSSR count). The lowest BCUT2D eigenvalue weighted by Gasteiger charge is -2.24. The largest absolute Gasteiger partial charge is 0.494 e. The monoisotopic (exact) mass is 358 g/mol. The quantitative estimate of drug-likeness (QED) is 0.820. The number of ether oxygens (including phenoxy) is 1. The predicted octanol–water partition coefficient (Wildman–Crippen LogP) is 3.07. The Labute approximate surface area is 148 Å². The highest BCUT2D eigenvalue weighted by atomic mass is 32.1. The summed E-state index contributed by atoms with van der Waals surface area (Å²) in [6.07, 6.45) is 4.64. The number of carbonyl (C=O) groups excluding carboxylic acids is 1. The molecule has 1 heterocycles. The number of anilines is 1. The summed E-state index contributed by atoms with van der Waals surface area (Å²) in [6.45, 7) is 1.93. The number of aliphatic carboxylic acids is 1. The number of aromatic nitrogens is 1. The van der Waals surface area contributed by atoms with Gasteiger partial charge in [0.05, 0.1) is 39.9 Å². The minimum Gasteiger partial charge on any atom is -0.494 e. The number of aryl methyl sites for hydroxylation is 1. The van der Waals surface area contributed by atoms with Crippen molar-refractivity contribution in [2.75, 3.05) is 12.4 Å². The molecule has 0 spiro atoms. The lowest BCUT2D eigenvalue weighted by Crippen LogP contribution is -2.36. The number of amides is 1. The summed E-state index contributed by atoms with van der Waals surface area (Å²) in [5.74, 6) is -1.90. The third-order valence-corrected chi connectivity index (χ3v) is 6.06. The average Bonchev–Trinajstić information content (AvgIpc) is 3.26. The van der Waals surface area contributed by atoms with Gasteiger partial charge in [0.2, 0.25) is 5.91 Å². The molecule has 25 heavy (non-hydrogen) atoms. The molecule has 1 amide bonds. The molecule has 4 unspecified atom stereocenters. The van der Waals surface area contributed by atoms with Gasteiger partial charge >= 0.3 is 5.97 Å². The van der Waals surface area contributed by atoms with E-state index in [1.165, 1.54) is 18.4 Å². The lowest BCUT2D eigenvalue weighted by atomic mass is 9.82. The van der Waals surface area contributed by atoms with Crippen molar-refractivity contribution in [3.8, 4) is 5.75 Å². The van der Waals surface area contributed by atoms with Gasteiger partial charge in [-0.15, -0.1) is 11.3 Å². The van der Waals surface area contributed by atoms with E-state index in [0.29, 0.717) is 11.4 Å². The second kappa shape index (κ2) is 5.84. The molecule has 1 aromatic carbocycles. The Bertz CT molecular complexity index is 904. The Kier molecular flexibility index (Phi) is 3.76. The van der Waals surface area contributed by atoms with Crippen molar-refractivity contribution in [1.29, 1.82) is 0 Å². The van der Waals surface area contributed by atoms with Gasteiger partial charge < -0.3 is 15.2 Å². The normalized spacial score (nSPS) is 27.0. The minimum absolute atomic E-state index is 0.00789. The number of carbonyl (C=O) groups is 2. The number of allylic oxidation sites excluding steroid dienone is 2. The zero-order valence-corrected chi connectivity index (χ0v) is 14.7. The summed E-state index contributed by atoms with van der Waals surface area (Å²) in [5.41, 5.74) is 1.38. The van der Waals surface area contributed by atoms with Gasteiger partial charge in [0.1, 0.15) is 5.75 Å². The Balaban J connectivity index is 1.65. The average molecular weight is 358 g/mol. The molecule has 1 aromatic heterocycles. The van der Waals surface area contributed by atoms with Gasteiger partial charge in [0.15, 0.2) is 0 Å². The molecule has 4 atom stereocenters. The number of carboxylic acid groups (broad SMARTS) is 1. The molecular weight excluding hydrogens is 340 g/mol. The standard InChI is InChI=1S/C18H18N2O4S/c1-8-19-12-6-13(24-2)11(7-14(12)25-8)20-17(21)15-9-3-4-10(5-9)16(15)18(22)23/h3-4,6-7,9-10,15-16H,5H2,1-2H3,(H,20,21)(H,22,23). The molecule has 0 radical (unpaired) electrons. The second-order valence-corrected chi connectivity index (χ2v) is 7.82. The van der Waals surface area contributed by atoms with Crippen molar-refractivity contribution < 1.29 is 19.4 Å². The molecule has 2 aliphatic rings. The molecule has 7 heteroatoms. The van der Waals surface area contributed by atoms with Crippen LogP contribution in [-0.2, 0) is 9.59 Å². The molecule has 1 saturated carbocycles. The highest BCUT2D eigenvalue weighted by Gasteiger charge is 2.51. The number of fused-ring (bicyclic) bond motifs is 3. The fourth-order valence-corrected chi connectivity index (χ4v) is 4.92. The van der Waals surface area contributed by atoms with Gasteiger partial charge in [-0.05, 0) is 31.2 Å². The van der Waals surface area contributed by atoms with E-state index in [9.17, 15) is 14.7 Å². The molecule has 6 nitrogen and oxygen atoms in total. The summed E-state index contributed by atoms with van der Waals surface area (Å²) < 4.78 is 6.34. The summed E-state index contributed by atoms with van der Waals surface area (Å²) in [5, 5.41) is 13.3. The molecule has 2 N–H and O–H groups in total. The number of nitrogens with zero attached hydrogens (tertiary/aromatic N) is 1. The van der Waals surface area contributed by atoms with E-state index in [1.807, 2.05) is 25.1 Å². The Morgan fingerprint density at radius 1 is 1.28 bits per heavy atom. The maximum Gasteiger partial charge on any atom is 0.307 e. The smallest absolute Gasteiger partial charge is 0.307 e. The third kappa shape index (κ3) is 2.59. The van der Waals surface area contributed by atoms with Crippen molar-refractivity contribution in [3.05, 3.63) is 29.3 Å². The van der Waals surface area contributed by atoms with Crippen LogP contribution in [0.1, 0.15) is 11.4 Å². The first kappa shape index (κ1) is 16.1. The van der Waals surface area contributed by atoms with E-state index >= 15 is 0 Å². The Hall–Kier alpha value is -2.41. The molecule has 130 valence electrons. The third-order valence-electron chi connectivity index (χ3n) is 5.12. The van der Waals surface area contributed by atoms with Crippen molar-refractivity contribution in [3.63, 3.8) is 0 Å². The van der Waals surface area contributed by atoms with Crippen LogP contribution in [0, 0.1) is 30.6 Å². The first-order chi connectivity index (χ1) is 12.0. The summed E-state index contributed by atoms with van der Waals surface area (Å²) in [7, 11) is 1.54. The number of thiazole rings is 1. The number of methoxy groups -OCH3 is 1. The number of nitrogens with one attached hydrogen (secondary N) is 1. The zero-order chi connectivity index (χ0) is 17.7. The Morgan fingerprint density at radius 3 is 2.68 bits per heavy atom. The number of benzene rings is 1. The van der Waals surface area contributed by atoms with Crippen LogP contribution in [0.2, 0.25) is 0 Å². The number of carboxylic acids is 1. The fourth-order valence-electron chi connectivity index (χ4n) is 4.07. The van der Waals surface area contributed by atoms with E-state index in [0.717, 1.165) is 21.6 Å². The predicted molar refractivity (Wildman–Crippen MR) is 94.9 cm³/mol. The van der Waals surface area contributed by atoms with Gasteiger partial charge in [-0.25, -0.2) is 4.98 Å². The minimum atomic E-state index is -0.905. The molecule has 0 aliphatic heterocycles. The fraction of sp³-hybridized carbons (Fsp3) is 0.389. The van der Waals surface area contributed by atoms with Crippen molar-refractivity contribution in [1.82, 2.24) is 4.98 Å². The highest BCUT2D eigenvalue weighted by Crippen LogP contribution is 2.48. The van der Waals surface area contributed by atoms with Crippen LogP contribution in [0.4, 0.5) is 5.69 Å². The lowest BCUT2D eigenvalue weighted by molar-refractivity contribution is -0.146. The van der Waals surface area contributed by atoms with Crippen LogP contribution in [0.5, 0.6) is 5.75 Å². The van der Waals surface area contributed by atoms with Crippen LogP contribution < -0.4 is 10.1 Å². The van der Waals surface area contributed by atoms with Crippen LogP contribution in [0.15, 0.2) is 24.3 Å². The van der Waals surface area contributed by atoms with Crippen molar-refractivity contribution in [2.24, 2.45) is 23.7 Å². The van der Waals surface area contributed by atoms with Crippen molar-refractivity contribution >= 4 is 39.1 Å². The number of hydrogen-bond donors (Lipinski definition) is 2. The summed E-state index contributed by atoms with van der Waals surface area (Å²) >= 11 is 1.54. The Morgan fingerprint density at radius 2 is 2.00 bits per heavy atom. The van der Waals surface area contributed by atoms with E-state index in [4.69, 9.17) is 4.74 Å². The highest BCUT2D eigenvalue weighted by molar-refractivity contribution is 7.18. The summed E-state index contributed by atoms with van der Waals surface area (Å²) in [4.78, 5) is 28.9. The van der Waals surface area contributed by atoms with Gasteiger partial charge in [-0.1, -0.05) is 12.2 Å². The van der Waals surface area contributed by atoms with Crippen LogP contribution in [0.3, 0.4) is 0 Å². The van der Waals surface area contributed by atoms with Crippen LogP contribution in [0.25, 0.3) is 10.2 Å². The summed E-state index contributed by atoms with van der Waals surface area (Å²) in [6, 6.07) is 3.64. The molecule has 2 aromatic rings. The number of hydrogen-bond acceptors (Lipinski definition) is 5. The molecule has 2 aliphatic carbocycles. The van der Waals surface area contributed by atoms with Crippen LogP contribution in [-0.4, -0.2) is 29.1 Å².